The third-order valence-corrected chi connectivity index (χ3v) is 6.12. The second-order valence-corrected chi connectivity index (χ2v) is 7.03. The summed E-state index contributed by atoms with van der Waals surface area (Å²) in [5, 5.41) is 3.77. The van der Waals surface area contributed by atoms with E-state index in [1.54, 1.807) is 0 Å². The van der Waals surface area contributed by atoms with Crippen LogP contribution in [0.4, 0.5) is 0 Å². The summed E-state index contributed by atoms with van der Waals surface area (Å²) in [6, 6.07) is 4.27. The number of nitrogens with zero attached hydrogens (tertiary/aromatic N) is 2. The Hall–Kier alpha value is -0.120. The van der Waals surface area contributed by atoms with Gasteiger partial charge in [-0.25, -0.2) is 0 Å². The Bertz CT molecular complexity index is 307. The molecule has 0 radical (unpaired) electrons. The van der Waals surface area contributed by atoms with E-state index in [4.69, 9.17) is 0 Å². The summed E-state index contributed by atoms with van der Waals surface area (Å²) in [4.78, 5) is 5.53. The van der Waals surface area contributed by atoms with Gasteiger partial charge in [0.2, 0.25) is 0 Å². The van der Waals surface area contributed by atoms with Crippen molar-refractivity contribution in [1.82, 2.24) is 15.1 Å². The van der Waals surface area contributed by atoms with Gasteiger partial charge in [0.1, 0.15) is 0 Å². The first-order valence-corrected chi connectivity index (χ1v) is 8.03. The molecule has 0 saturated carbocycles. The molecule has 0 spiro atoms. The van der Waals surface area contributed by atoms with Crippen molar-refractivity contribution in [3.05, 3.63) is 0 Å². The molecule has 0 aromatic rings. The van der Waals surface area contributed by atoms with Crippen molar-refractivity contribution in [3.8, 4) is 0 Å². The molecule has 3 nitrogen and oxygen atoms in total. The lowest BCUT2D eigenvalue weighted by molar-refractivity contribution is 0.105. The minimum absolute atomic E-state index is 0.831. The van der Waals surface area contributed by atoms with E-state index in [0.29, 0.717) is 0 Å². The normalized spacial score (nSPS) is 48.0. The van der Waals surface area contributed by atoms with Gasteiger partial charge in [0.05, 0.1) is 0 Å². The van der Waals surface area contributed by atoms with Gasteiger partial charge in [-0.3, -0.25) is 9.80 Å². The molecule has 0 aliphatic carbocycles. The molecule has 0 amide bonds. The van der Waals surface area contributed by atoms with Crippen LogP contribution >= 0.6 is 0 Å². The van der Waals surface area contributed by atoms with Crippen molar-refractivity contribution < 1.29 is 0 Å². The van der Waals surface area contributed by atoms with Gasteiger partial charge in [0.15, 0.2) is 0 Å². The number of hydrogen-bond acceptors (Lipinski definition) is 3. The highest BCUT2D eigenvalue weighted by molar-refractivity contribution is 5.01. The van der Waals surface area contributed by atoms with E-state index in [0.717, 1.165) is 30.2 Å². The first kappa shape index (κ1) is 11.7. The van der Waals surface area contributed by atoms with Crippen molar-refractivity contribution in [3.63, 3.8) is 0 Å². The Kier molecular flexibility index (Phi) is 2.90. The fourth-order valence-electron chi connectivity index (χ4n) is 5.16. The van der Waals surface area contributed by atoms with Crippen LogP contribution in [0.25, 0.3) is 0 Å². The van der Waals surface area contributed by atoms with Crippen molar-refractivity contribution in [1.29, 1.82) is 0 Å². The highest BCUT2D eigenvalue weighted by Crippen LogP contribution is 2.35. The van der Waals surface area contributed by atoms with Crippen LogP contribution in [0.15, 0.2) is 0 Å². The average Bonchev–Trinajstić information content (AvgIpc) is 3.04. The summed E-state index contributed by atoms with van der Waals surface area (Å²) < 4.78 is 0. The van der Waals surface area contributed by atoms with Gasteiger partial charge >= 0.3 is 0 Å². The second-order valence-electron chi connectivity index (χ2n) is 7.03. The Labute approximate surface area is 111 Å². The van der Waals surface area contributed by atoms with Crippen LogP contribution < -0.4 is 5.32 Å². The Balaban J connectivity index is 1.45. The summed E-state index contributed by atoms with van der Waals surface area (Å²) in [5.41, 5.74) is 0. The molecule has 4 unspecified atom stereocenters. The Morgan fingerprint density at radius 1 is 1.00 bits per heavy atom. The van der Waals surface area contributed by atoms with E-state index < -0.39 is 0 Å². The lowest BCUT2D eigenvalue weighted by Crippen LogP contribution is -2.52. The predicted octanol–water partition coefficient (Wildman–Crippen LogP) is 1.44. The fourth-order valence-corrected chi connectivity index (χ4v) is 5.16. The summed E-state index contributed by atoms with van der Waals surface area (Å²) in [6.45, 7) is 2.73. The summed E-state index contributed by atoms with van der Waals surface area (Å²) in [6.07, 6.45) is 9.95. The third kappa shape index (κ3) is 1.83. The number of nitrogens with one attached hydrogen (secondary N) is 1. The van der Waals surface area contributed by atoms with Gasteiger partial charge in [-0.2, -0.15) is 0 Å². The monoisotopic (exact) mass is 249 g/mol. The second kappa shape index (κ2) is 4.46. The molecule has 4 rings (SSSR count). The molecular formula is C15H27N3. The van der Waals surface area contributed by atoms with E-state index in [-0.39, 0.29) is 0 Å². The number of piperidine rings is 1. The van der Waals surface area contributed by atoms with Crippen LogP contribution in [0.1, 0.15) is 44.9 Å². The van der Waals surface area contributed by atoms with Crippen LogP contribution in [-0.4, -0.2) is 60.1 Å². The van der Waals surface area contributed by atoms with Gasteiger partial charge in [-0.15, -0.1) is 0 Å². The number of fused-ring (bicyclic) bond motifs is 3. The third-order valence-electron chi connectivity index (χ3n) is 6.12. The first-order chi connectivity index (χ1) is 8.81. The Morgan fingerprint density at radius 2 is 1.78 bits per heavy atom. The smallest absolute Gasteiger partial charge is 0.0263 e. The zero-order valence-corrected chi connectivity index (χ0v) is 11.6. The SMILES string of the molecule is CN(C1CC2CCC(C1)N2)C1CCN2CCCC12. The summed E-state index contributed by atoms with van der Waals surface area (Å²) >= 11 is 0. The van der Waals surface area contributed by atoms with Gasteiger partial charge in [0.25, 0.3) is 0 Å². The average molecular weight is 249 g/mol. The standard InChI is InChI=1S/C15H27N3/c1-17(13-9-11-4-5-12(10-13)16-11)14-6-8-18-7-2-3-15(14)18/h11-16H,2-10H2,1H3. The van der Waals surface area contributed by atoms with Crippen LogP contribution in [0.5, 0.6) is 0 Å². The van der Waals surface area contributed by atoms with E-state index in [1.807, 2.05) is 0 Å². The lowest BCUT2D eigenvalue weighted by Gasteiger charge is -2.40. The molecule has 4 saturated heterocycles. The highest BCUT2D eigenvalue weighted by Gasteiger charge is 2.43. The molecule has 4 atom stereocenters. The number of rotatable bonds is 2. The van der Waals surface area contributed by atoms with Crippen molar-refractivity contribution in [2.75, 3.05) is 20.1 Å². The highest BCUT2D eigenvalue weighted by atomic mass is 15.3. The van der Waals surface area contributed by atoms with Crippen LogP contribution in [0.2, 0.25) is 0 Å². The molecule has 4 aliphatic rings. The van der Waals surface area contributed by atoms with Crippen LogP contribution in [0.3, 0.4) is 0 Å². The molecule has 0 aromatic heterocycles. The Morgan fingerprint density at radius 3 is 2.56 bits per heavy atom. The van der Waals surface area contributed by atoms with E-state index in [2.05, 4.69) is 22.2 Å². The number of likely N-dealkylation sites (N-methyl/N-ethyl adjacent to an activating group) is 1. The molecule has 0 aromatic carbocycles. The molecule has 4 aliphatic heterocycles. The number of hydrogen-bond donors (Lipinski definition) is 1. The zero-order valence-electron chi connectivity index (χ0n) is 11.6. The maximum atomic E-state index is 3.77. The van der Waals surface area contributed by atoms with E-state index in [1.165, 1.54) is 58.0 Å². The summed E-state index contributed by atoms with van der Waals surface area (Å²) in [5.74, 6) is 0. The molecule has 4 fully saturated rings. The van der Waals surface area contributed by atoms with Crippen LogP contribution in [-0.2, 0) is 0 Å². The maximum Gasteiger partial charge on any atom is 0.0263 e. The first-order valence-electron chi connectivity index (χ1n) is 8.03. The van der Waals surface area contributed by atoms with Crippen molar-refractivity contribution in [2.24, 2.45) is 0 Å². The minimum atomic E-state index is 0.831. The van der Waals surface area contributed by atoms with Gasteiger partial charge in [-0.05, 0) is 58.5 Å². The molecular weight excluding hydrogens is 222 g/mol. The molecule has 2 bridgehead atoms. The summed E-state index contributed by atoms with van der Waals surface area (Å²) in [7, 11) is 2.42. The largest absolute Gasteiger partial charge is 0.311 e. The quantitative estimate of drug-likeness (QED) is 0.799. The molecule has 3 heteroatoms. The van der Waals surface area contributed by atoms with Crippen molar-refractivity contribution in [2.45, 2.75) is 75.2 Å². The lowest BCUT2D eigenvalue weighted by atomic mass is 9.95. The maximum absolute atomic E-state index is 3.77. The van der Waals surface area contributed by atoms with Gasteiger partial charge in [-0.1, -0.05) is 0 Å². The minimum Gasteiger partial charge on any atom is -0.311 e. The van der Waals surface area contributed by atoms with Gasteiger partial charge in [0, 0.05) is 36.8 Å². The van der Waals surface area contributed by atoms with Crippen LogP contribution in [0, 0.1) is 0 Å². The molecule has 1 N–H and O–H groups in total. The predicted molar refractivity (Wildman–Crippen MR) is 73.7 cm³/mol. The zero-order chi connectivity index (χ0) is 12.1. The van der Waals surface area contributed by atoms with Crippen molar-refractivity contribution >= 4 is 0 Å². The molecule has 4 heterocycles. The fraction of sp³-hybridized carbons (Fsp3) is 1.00. The molecule has 102 valence electrons. The topological polar surface area (TPSA) is 18.5 Å². The van der Waals surface area contributed by atoms with E-state index in [9.17, 15) is 0 Å². The molecule has 18 heavy (non-hydrogen) atoms. The van der Waals surface area contributed by atoms with Gasteiger partial charge < -0.3 is 5.32 Å². The van der Waals surface area contributed by atoms with E-state index >= 15 is 0 Å².